The lowest BCUT2D eigenvalue weighted by Crippen LogP contribution is -2.51. The summed E-state index contributed by atoms with van der Waals surface area (Å²) in [6.45, 7) is 2.35. The molecule has 0 bridgehead atoms. The van der Waals surface area contributed by atoms with Gasteiger partial charge in [0, 0.05) is 32.0 Å². The molecular weight excluding hydrogens is 301 g/mol. The van der Waals surface area contributed by atoms with E-state index in [9.17, 15) is 18.0 Å². The molecule has 1 N–H and O–H groups in total. The lowest BCUT2D eigenvalue weighted by Gasteiger charge is -2.40. The molecule has 1 aromatic rings. The molecule has 2 heterocycles. The monoisotopic (exact) mass is 320 g/mol. The first-order valence-corrected chi connectivity index (χ1v) is 7.06. The summed E-state index contributed by atoms with van der Waals surface area (Å²) < 4.78 is 40.5. The molecule has 0 unspecified atom stereocenters. The third kappa shape index (κ3) is 4.44. The maximum absolute atomic E-state index is 12.0. The molecule has 1 amide bonds. The summed E-state index contributed by atoms with van der Waals surface area (Å²) in [5, 5.41) is 0. The van der Waals surface area contributed by atoms with Gasteiger partial charge in [-0.15, -0.1) is 0 Å². The molecule has 0 spiro atoms. The Morgan fingerprint density at radius 1 is 1.50 bits per heavy atom. The first-order chi connectivity index (χ1) is 10.4. The molecule has 1 aliphatic rings. The van der Waals surface area contributed by atoms with Crippen molar-refractivity contribution in [1.82, 2.24) is 19.8 Å². The zero-order chi connectivity index (χ0) is 16.2. The van der Waals surface area contributed by atoms with Crippen molar-refractivity contribution >= 4 is 5.91 Å². The number of rotatable bonds is 5. The van der Waals surface area contributed by atoms with Crippen LogP contribution in [0.2, 0.25) is 0 Å². The van der Waals surface area contributed by atoms with E-state index in [2.05, 4.69) is 19.6 Å². The minimum absolute atomic E-state index is 0.0830. The fourth-order valence-corrected chi connectivity index (χ4v) is 2.49. The molecule has 2 rings (SSSR count). The van der Waals surface area contributed by atoms with E-state index in [0.717, 1.165) is 12.4 Å². The number of alkyl halides is 3. The van der Waals surface area contributed by atoms with Crippen LogP contribution < -0.4 is 0 Å². The lowest BCUT2D eigenvalue weighted by atomic mass is 10.1. The van der Waals surface area contributed by atoms with Gasteiger partial charge in [0.05, 0.1) is 6.04 Å². The van der Waals surface area contributed by atoms with Crippen LogP contribution in [0.5, 0.6) is 0 Å². The highest BCUT2D eigenvalue weighted by molar-refractivity contribution is 5.77. The molecule has 1 atom stereocenters. The number of carbonyl (C=O) groups excluding carboxylic acids is 1. The van der Waals surface area contributed by atoms with Crippen molar-refractivity contribution in [2.45, 2.75) is 19.1 Å². The third-order valence-corrected chi connectivity index (χ3v) is 3.58. The highest BCUT2D eigenvalue weighted by Crippen LogP contribution is 2.22. The van der Waals surface area contributed by atoms with E-state index in [-0.39, 0.29) is 6.04 Å². The first-order valence-electron chi connectivity index (χ1n) is 7.06. The van der Waals surface area contributed by atoms with Gasteiger partial charge in [0.25, 0.3) is 0 Å². The number of carbonyl (C=O) groups is 1. The number of aromatic amines is 1. The number of halogens is 3. The zero-order valence-corrected chi connectivity index (χ0v) is 12.3. The Kier molecular flexibility index (Phi) is 5.41. The van der Waals surface area contributed by atoms with Crippen molar-refractivity contribution in [2.75, 3.05) is 39.4 Å². The molecule has 1 aliphatic heterocycles. The van der Waals surface area contributed by atoms with Crippen LogP contribution in [0.15, 0.2) is 12.4 Å². The summed E-state index contributed by atoms with van der Waals surface area (Å²) in [4.78, 5) is 22.9. The Hall–Kier alpha value is -1.61. The van der Waals surface area contributed by atoms with E-state index in [1.165, 1.54) is 4.90 Å². The number of imidazole rings is 1. The number of nitrogens with one attached hydrogen (secondary N) is 1. The number of piperazine rings is 1. The van der Waals surface area contributed by atoms with Crippen LogP contribution in [0.1, 0.15) is 18.8 Å². The average Bonchev–Trinajstić information content (AvgIpc) is 2.99. The fourth-order valence-electron chi connectivity index (χ4n) is 2.49. The van der Waals surface area contributed by atoms with E-state index >= 15 is 0 Å². The van der Waals surface area contributed by atoms with Gasteiger partial charge in [-0.2, -0.15) is 13.2 Å². The second-order valence-corrected chi connectivity index (χ2v) is 5.07. The maximum Gasteiger partial charge on any atom is 0.411 e. The Morgan fingerprint density at radius 3 is 2.86 bits per heavy atom. The van der Waals surface area contributed by atoms with Gasteiger partial charge in [0.15, 0.2) is 0 Å². The fraction of sp³-hybridized carbons (Fsp3) is 0.692. The smallest absolute Gasteiger partial charge is 0.362 e. The summed E-state index contributed by atoms with van der Waals surface area (Å²) in [5.74, 6) is 0.312. The summed E-state index contributed by atoms with van der Waals surface area (Å²) >= 11 is 0. The highest BCUT2D eigenvalue weighted by Gasteiger charge is 2.32. The number of likely N-dealkylation sites (N-methyl/N-ethyl adjacent to an activating group) is 1. The number of hydrogen-bond acceptors (Lipinski definition) is 4. The first kappa shape index (κ1) is 16.8. The standard InChI is InChI=1S/C13H19F3N4O2/c1-2-19-5-6-20(7-10(19)12-17-3-4-18-12)11(21)8-22-9-13(14,15)16/h3-4,10H,2,5-9H2,1H3,(H,17,18)/t10-/m0/s1. The normalized spacial score (nSPS) is 20.4. The predicted octanol–water partition coefficient (Wildman–Crippen LogP) is 1.19. The molecule has 0 saturated carbocycles. The van der Waals surface area contributed by atoms with Crippen molar-refractivity contribution in [1.29, 1.82) is 0 Å². The summed E-state index contributed by atoms with van der Waals surface area (Å²) in [6, 6.07) is -0.0830. The van der Waals surface area contributed by atoms with E-state index in [0.29, 0.717) is 19.6 Å². The van der Waals surface area contributed by atoms with Gasteiger partial charge in [-0.05, 0) is 6.54 Å². The minimum Gasteiger partial charge on any atom is -0.362 e. The molecule has 0 radical (unpaired) electrons. The van der Waals surface area contributed by atoms with Crippen molar-refractivity contribution in [2.24, 2.45) is 0 Å². The number of aromatic nitrogens is 2. The van der Waals surface area contributed by atoms with Gasteiger partial charge >= 0.3 is 6.18 Å². The Labute approximate surface area is 126 Å². The van der Waals surface area contributed by atoms with Crippen LogP contribution in [-0.4, -0.2) is 71.2 Å². The quantitative estimate of drug-likeness (QED) is 0.885. The Bertz CT molecular complexity index is 478. The third-order valence-electron chi connectivity index (χ3n) is 3.58. The van der Waals surface area contributed by atoms with Crippen LogP contribution in [0.3, 0.4) is 0 Å². The van der Waals surface area contributed by atoms with E-state index in [4.69, 9.17) is 0 Å². The Morgan fingerprint density at radius 2 is 2.27 bits per heavy atom. The van der Waals surface area contributed by atoms with Gasteiger partial charge in [-0.1, -0.05) is 6.92 Å². The van der Waals surface area contributed by atoms with Crippen molar-refractivity contribution in [3.8, 4) is 0 Å². The molecule has 22 heavy (non-hydrogen) atoms. The molecule has 124 valence electrons. The molecular formula is C13H19F3N4O2. The van der Waals surface area contributed by atoms with Crippen molar-refractivity contribution < 1.29 is 22.7 Å². The number of amides is 1. The van der Waals surface area contributed by atoms with E-state index in [1.54, 1.807) is 12.4 Å². The highest BCUT2D eigenvalue weighted by atomic mass is 19.4. The van der Waals surface area contributed by atoms with Gasteiger partial charge < -0.3 is 14.6 Å². The molecule has 9 heteroatoms. The van der Waals surface area contributed by atoms with Gasteiger partial charge in [-0.25, -0.2) is 4.98 Å². The Balaban J connectivity index is 1.91. The molecule has 1 saturated heterocycles. The summed E-state index contributed by atoms with van der Waals surface area (Å²) in [6.07, 6.45) is -1.08. The lowest BCUT2D eigenvalue weighted by molar-refractivity contribution is -0.178. The molecule has 6 nitrogen and oxygen atoms in total. The van der Waals surface area contributed by atoms with Crippen LogP contribution in [0.4, 0.5) is 13.2 Å². The van der Waals surface area contributed by atoms with Crippen LogP contribution >= 0.6 is 0 Å². The molecule has 0 aromatic carbocycles. The average molecular weight is 320 g/mol. The maximum atomic E-state index is 12.0. The van der Waals surface area contributed by atoms with Crippen molar-refractivity contribution in [3.63, 3.8) is 0 Å². The largest absolute Gasteiger partial charge is 0.411 e. The number of hydrogen-bond donors (Lipinski definition) is 1. The van der Waals surface area contributed by atoms with Gasteiger partial charge in [0.2, 0.25) is 5.91 Å². The van der Waals surface area contributed by atoms with Gasteiger partial charge in [0.1, 0.15) is 19.0 Å². The number of nitrogens with zero attached hydrogens (tertiary/aromatic N) is 3. The van der Waals surface area contributed by atoms with Crippen LogP contribution in [0, 0.1) is 0 Å². The predicted molar refractivity (Wildman–Crippen MR) is 72.0 cm³/mol. The summed E-state index contributed by atoms with van der Waals surface area (Å²) in [5.41, 5.74) is 0. The SMILES string of the molecule is CCN1CCN(C(=O)COCC(F)(F)F)C[C@H]1c1ncc[nH]1. The number of ether oxygens (including phenoxy) is 1. The minimum atomic E-state index is -4.42. The van der Waals surface area contributed by atoms with Crippen LogP contribution in [0.25, 0.3) is 0 Å². The second-order valence-electron chi connectivity index (χ2n) is 5.07. The zero-order valence-electron chi connectivity index (χ0n) is 12.3. The second kappa shape index (κ2) is 7.10. The summed E-state index contributed by atoms with van der Waals surface area (Å²) in [7, 11) is 0. The molecule has 1 aromatic heterocycles. The van der Waals surface area contributed by atoms with Crippen LogP contribution in [-0.2, 0) is 9.53 Å². The molecule has 1 fully saturated rings. The van der Waals surface area contributed by atoms with E-state index in [1.807, 2.05) is 6.92 Å². The van der Waals surface area contributed by atoms with E-state index < -0.39 is 25.3 Å². The van der Waals surface area contributed by atoms with Gasteiger partial charge in [-0.3, -0.25) is 9.69 Å². The topological polar surface area (TPSA) is 61.5 Å². The number of H-pyrrole nitrogens is 1. The molecule has 0 aliphatic carbocycles. The van der Waals surface area contributed by atoms with Crippen molar-refractivity contribution in [3.05, 3.63) is 18.2 Å².